The molecule has 0 saturated carbocycles. The normalized spacial score (nSPS) is 10.5. The molecule has 0 saturated heterocycles. The van der Waals surface area contributed by atoms with E-state index in [1.54, 1.807) is 18.2 Å². The molecule has 0 aliphatic carbocycles. The number of hydrogen-bond donors (Lipinski definition) is 2. The number of carbonyl (C=O) groups excluding carboxylic acids is 2. The topological polar surface area (TPSA) is 71.1 Å². The quantitative estimate of drug-likeness (QED) is 0.409. The molecular weight excluding hydrogens is 430 g/mol. The van der Waals surface area contributed by atoms with Crippen LogP contribution >= 0.6 is 22.9 Å². The zero-order valence-electron chi connectivity index (χ0n) is 16.6. The van der Waals surface area contributed by atoms with Gasteiger partial charge in [0.25, 0.3) is 11.8 Å². The van der Waals surface area contributed by atoms with Crippen molar-refractivity contribution in [2.45, 2.75) is 0 Å². The summed E-state index contributed by atoms with van der Waals surface area (Å²) in [6.07, 6.45) is 0. The molecule has 0 bridgehead atoms. The van der Waals surface area contributed by atoms with E-state index in [1.165, 1.54) is 18.4 Å². The van der Waals surface area contributed by atoms with Crippen LogP contribution in [-0.2, 0) is 0 Å². The minimum atomic E-state index is -0.324. The molecule has 31 heavy (non-hydrogen) atoms. The molecule has 0 unspecified atom stereocenters. The molecule has 2 N–H and O–H groups in total. The van der Waals surface area contributed by atoms with E-state index >= 15 is 0 Å². The molecule has 4 aromatic rings. The zero-order chi connectivity index (χ0) is 21.8. The third-order valence-corrected chi connectivity index (χ3v) is 6.03. The van der Waals surface area contributed by atoms with Crippen molar-refractivity contribution < 1.29 is 9.59 Å². The largest absolute Gasteiger partial charge is 0.355 e. The lowest BCUT2D eigenvalue weighted by molar-refractivity contribution is 0.0961. The van der Waals surface area contributed by atoms with E-state index in [4.69, 9.17) is 16.6 Å². The van der Waals surface area contributed by atoms with Gasteiger partial charge in [-0.1, -0.05) is 72.3 Å². The lowest BCUT2D eigenvalue weighted by Crippen LogP contribution is -2.19. The molecule has 7 heteroatoms. The van der Waals surface area contributed by atoms with Crippen molar-refractivity contribution in [3.63, 3.8) is 0 Å². The van der Waals surface area contributed by atoms with Crippen molar-refractivity contribution in [3.05, 3.63) is 94.3 Å². The number of nitrogens with one attached hydrogen (secondary N) is 2. The van der Waals surface area contributed by atoms with Gasteiger partial charge in [-0.15, -0.1) is 11.3 Å². The Kier molecular flexibility index (Phi) is 6.11. The Morgan fingerprint density at radius 3 is 2.16 bits per heavy atom. The minimum Gasteiger partial charge on any atom is -0.355 e. The zero-order valence-corrected chi connectivity index (χ0v) is 18.1. The fraction of sp³-hybridized carbons (Fsp3) is 0.0417. The number of thiazole rings is 1. The van der Waals surface area contributed by atoms with Crippen LogP contribution in [0.4, 0.5) is 5.69 Å². The third kappa shape index (κ3) is 4.50. The van der Waals surface area contributed by atoms with Crippen molar-refractivity contribution in [2.75, 3.05) is 12.4 Å². The van der Waals surface area contributed by atoms with Crippen LogP contribution in [0.15, 0.2) is 78.9 Å². The Balaban J connectivity index is 1.72. The number of nitrogens with zero attached hydrogens (tertiary/aromatic N) is 1. The predicted octanol–water partition coefficient (Wildman–Crippen LogP) is 5.74. The molecular formula is C24H18ClN3O2S. The lowest BCUT2D eigenvalue weighted by Gasteiger charge is -2.08. The summed E-state index contributed by atoms with van der Waals surface area (Å²) in [5.74, 6) is -0.626. The van der Waals surface area contributed by atoms with E-state index in [1.807, 2.05) is 60.7 Å². The summed E-state index contributed by atoms with van der Waals surface area (Å²) in [5.41, 5.74) is 3.18. The van der Waals surface area contributed by atoms with Crippen LogP contribution in [0.5, 0.6) is 0 Å². The van der Waals surface area contributed by atoms with Gasteiger partial charge in [0.2, 0.25) is 0 Å². The molecule has 1 aromatic heterocycles. The molecule has 5 nitrogen and oxygen atoms in total. The number of aromatic nitrogens is 1. The monoisotopic (exact) mass is 447 g/mol. The average Bonchev–Trinajstić information content (AvgIpc) is 3.27. The van der Waals surface area contributed by atoms with Crippen LogP contribution < -0.4 is 10.6 Å². The number of amides is 2. The van der Waals surface area contributed by atoms with E-state index in [-0.39, 0.29) is 11.8 Å². The summed E-state index contributed by atoms with van der Waals surface area (Å²) in [7, 11) is 1.53. The van der Waals surface area contributed by atoms with Crippen molar-refractivity contribution in [1.82, 2.24) is 10.3 Å². The van der Waals surface area contributed by atoms with E-state index in [0.29, 0.717) is 26.8 Å². The average molecular weight is 448 g/mol. The molecule has 154 valence electrons. The molecule has 0 aliphatic heterocycles. The highest BCUT2D eigenvalue weighted by Gasteiger charge is 2.21. The van der Waals surface area contributed by atoms with Gasteiger partial charge in [-0.25, -0.2) is 4.98 Å². The Hall–Kier alpha value is -3.48. The number of anilines is 1. The van der Waals surface area contributed by atoms with E-state index in [9.17, 15) is 9.59 Å². The van der Waals surface area contributed by atoms with Crippen LogP contribution in [0, 0.1) is 0 Å². The van der Waals surface area contributed by atoms with Crippen molar-refractivity contribution in [1.29, 1.82) is 0 Å². The van der Waals surface area contributed by atoms with Crippen LogP contribution in [-0.4, -0.2) is 23.8 Å². The van der Waals surface area contributed by atoms with Crippen LogP contribution in [0.1, 0.15) is 20.0 Å². The maximum Gasteiger partial charge on any atom is 0.268 e. The minimum absolute atomic E-state index is 0.291. The first-order chi connectivity index (χ1) is 15.1. The number of rotatable bonds is 5. The van der Waals surface area contributed by atoms with Crippen LogP contribution in [0.2, 0.25) is 5.02 Å². The second kappa shape index (κ2) is 9.12. The number of halogens is 1. The molecule has 0 atom stereocenters. The molecule has 0 aliphatic rings. The molecule has 3 aromatic carbocycles. The van der Waals surface area contributed by atoms with Crippen LogP contribution in [0.25, 0.3) is 21.8 Å². The molecule has 0 fully saturated rings. The van der Waals surface area contributed by atoms with Gasteiger partial charge < -0.3 is 10.6 Å². The first-order valence-corrected chi connectivity index (χ1v) is 10.7. The number of benzene rings is 3. The van der Waals surface area contributed by atoms with Crippen molar-refractivity contribution in [3.8, 4) is 21.8 Å². The second-order valence-corrected chi connectivity index (χ2v) is 8.06. The highest BCUT2D eigenvalue weighted by atomic mass is 35.5. The van der Waals surface area contributed by atoms with E-state index in [0.717, 1.165) is 16.1 Å². The summed E-state index contributed by atoms with van der Waals surface area (Å²) < 4.78 is 0. The van der Waals surface area contributed by atoms with E-state index < -0.39 is 0 Å². The molecule has 0 spiro atoms. The van der Waals surface area contributed by atoms with Gasteiger partial charge in [-0.05, 0) is 18.2 Å². The Morgan fingerprint density at radius 1 is 0.871 bits per heavy atom. The van der Waals surface area contributed by atoms with Gasteiger partial charge in [-0.2, -0.15) is 0 Å². The van der Waals surface area contributed by atoms with Gasteiger partial charge in [0.05, 0.1) is 16.3 Å². The predicted molar refractivity (Wildman–Crippen MR) is 126 cm³/mol. The van der Waals surface area contributed by atoms with Gasteiger partial charge in [-0.3, -0.25) is 9.59 Å². The first-order valence-electron chi connectivity index (χ1n) is 9.51. The third-order valence-electron chi connectivity index (χ3n) is 4.60. The molecule has 0 radical (unpaired) electrons. The van der Waals surface area contributed by atoms with Crippen molar-refractivity contribution in [2.24, 2.45) is 0 Å². The summed E-state index contributed by atoms with van der Waals surface area (Å²) in [4.78, 5) is 30.5. The first kappa shape index (κ1) is 20.8. The number of carbonyl (C=O) groups is 2. The summed E-state index contributed by atoms with van der Waals surface area (Å²) >= 11 is 7.44. The highest BCUT2D eigenvalue weighted by molar-refractivity contribution is 7.17. The van der Waals surface area contributed by atoms with Crippen LogP contribution in [0.3, 0.4) is 0 Å². The summed E-state index contributed by atoms with van der Waals surface area (Å²) in [6.45, 7) is 0. The summed E-state index contributed by atoms with van der Waals surface area (Å²) in [6, 6.07) is 24.1. The van der Waals surface area contributed by atoms with Crippen molar-refractivity contribution >= 4 is 40.4 Å². The Morgan fingerprint density at radius 2 is 1.52 bits per heavy atom. The van der Waals surface area contributed by atoms with Gasteiger partial charge in [0, 0.05) is 23.9 Å². The van der Waals surface area contributed by atoms with E-state index in [2.05, 4.69) is 10.6 Å². The van der Waals surface area contributed by atoms with Gasteiger partial charge in [0.1, 0.15) is 9.88 Å². The molecule has 2 amide bonds. The maximum absolute atomic E-state index is 13.2. The van der Waals surface area contributed by atoms with Gasteiger partial charge in [0.15, 0.2) is 0 Å². The SMILES string of the molecule is CNC(=O)c1cc(NC(=O)c2sc(-c3ccccc3)nc2-c2ccccc2)ccc1Cl. The summed E-state index contributed by atoms with van der Waals surface area (Å²) in [5, 5.41) is 6.48. The molecule has 4 rings (SSSR count). The van der Waals surface area contributed by atoms with Gasteiger partial charge >= 0.3 is 0 Å². The fourth-order valence-corrected chi connectivity index (χ4v) is 4.26. The number of hydrogen-bond acceptors (Lipinski definition) is 4. The fourth-order valence-electron chi connectivity index (χ4n) is 3.07. The smallest absolute Gasteiger partial charge is 0.268 e. The Bertz CT molecular complexity index is 1240. The highest BCUT2D eigenvalue weighted by Crippen LogP contribution is 2.34. The molecule has 1 heterocycles. The second-order valence-electron chi connectivity index (χ2n) is 6.66. The Labute approximate surface area is 188 Å². The maximum atomic E-state index is 13.2. The standard InChI is InChI=1S/C24H18ClN3O2S/c1-26-22(29)18-14-17(12-13-19(18)25)27-23(30)21-20(15-8-4-2-5-9-15)28-24(31-21)16-10-6-3-7-11-16/h2-14H,1H3,(H,26,29)(H,27,30). The lowest BCUT2D eigenvalue weighted by atomic mass is 10.1.